The fourth-order valence-electron chi connectivity index (χ4n) is 1.51. The Labute approximate surface area is 82.1 Å². The van der Waals surface area contributed by atoms with Crippen molar-refractivity contribution in [2.75, 3.05) is 0 Å². The van der Waals surface area contributed by atoms with Crippen molar-refractivity contribution in [2.45, 2.75) is 25.6 Å². The maximum Gasteiger partial charge on any atom is 0.128 e. The number of aliphatic hydroxyl groups excluding tert-OH is 1. The van der Waals surface area contributed by atoms with Gasteiger partial charge in [-0.05, 0) is 30.7 Å². The van der Waals surface area contributed by atoms with E-state index in [1.165, 1.54) is 0 Å². The van der Waals surface area contributed by atoms with Crippen LogP contribution < -0.4 is 4.74 Å². The van der Waals surface area contributed by atoms with Gasteiger partial charge in [-0.1, -0.05) is 11.6 Å². The molecule has 1 aliphatic rings. The van der Waals surface area contributed by atoms with E-state index in [-0.39, 0.29) is 6.10 Å². The first-order valence-electron chi connectivity index (χ1n) is 4.30. The van der Waals surface area contributed by atoms with E-state index in [1.807, 2.05) is 12.1 Å². The van der Waals surface area contributed by atoms with Crippen molar-refractivity contribution in [3.63, 3.8) is 0 Å². The molecule has 3 heteroatoms. The second-order valence-corrected chi connectivity index (χ2v) is 3.79. The Morgan fingerprint density at radius 1 is 1.62 bits per heavy atom. The van der Waals surface area contributed by atoms with Crippen LogP contribution in [0.25, 0.3) is 0 Å². The first-order chi connectivity index (χ1) is 6.16. The highest BCUT2D eigenvalue weighted by Gasteiger charge is 2.26. The monoisotopic (exact) mass is 198 g/mol. The lowest BCUT2D eigenvalue weighted by Crippen LogP contribution is -2.26. The largest absolute Gasteiger partial charge is 0.487 e. The van der Waals surface area contributed by atoms with Crippen LogP contribution in [0.1, 0.15) is 12.5 Å². The van der Waals surface area contributed by atoms with E-state index >= 15 is 0 Å². The molecule has 1 aliphatic heterocycles. The minimum atomic E-state index is -0.439. The molecule has 0 amide bonds. The molecule has 13 heavy (non-hydrogen) atoms. The first kappa shape index (κ1) is 8.85. The lowest BCUT2D eigenvalue weighted by atomic mass is 10.1. The smallest absolute Gasteiger partial charge is 0.128 e. The van der Waals surface area contributed by atoms with Crippen molar-refractivity contribution >= 4 is 11.6 Å². The van der Waals surface area contributed by atoms with Gasteiger partial charge in [-0.2, -0.15) is 0 Å². The Hall–Kier alpha value is -0.730. The molecule has 0 saturated heterocycles. The van der Waals surface area contributed by atoms with Crippen molar-refractivity contribution in [1.29, 1.82) is 0 Å². The van der Waals surface area contributed by atoms with Crippen molar-refractivity contribution in [3.05, 3.63) is 28.8 Å². The molecular weight excluding hydrogens is 188 g/mol. The standard InChI is InChI=1S/C10H11ClO2/c1-6(12)10-5-7-4-8(11)2-3-9(7)13-10/h2-4,6,10,12H,5H2,1H3. The third kappa shape index (κ3) is 1.64. The van der Waals surface area contributed by atoms with E-state index in [1.54, 1.807) is 13.0 Å². The minimum absolute atomic E-state index is 0.117. The molecule has 0 bridgehead atoms. The number of halogens is 1. The molecule has 0 radical (unpaired) electrons. The number of hydrogen-bond donors (Lipinski definition) is 1. The Balaban J connectivity index is 2.25. The van der Waals surface area contributed by atoms with Gasteiger partial charge in [0.1, 0.15) is 11.9 Å². The Morgan fingerprint density at radius 2 is 2.38 bits per heavy atom. The van der Waals surface area contributed by atoms with Crippen LogP contribution in [-0.4, -0.2) is 17.3 Å². The van der Waals surface area contributed by atoms with Crippen molar-refractivity contribution in [1.82, 2.24) is 0 Å². The molecule has 0 saturated carbocycles. The summed E-state index contributed by atoms with van der Waals surface area (Å²) in [6.07, 6.45) is 0.188. The lowest BCUT2D eigenvalue weighted by molar-refractivity contribution is 0.0632. The van der Waals surface area contributed by atoms with Gasteiger partial charge in [0.05, 0.1) is 6.10 Å². The number of hydrogen-bond acceptors (Lipinski definition) is 2. The number of ether oxygens (including phenoxy) is 1. The van der Waals surface area contributed by atoms with Gasteiger partial charge in [-0.15, -0.1) is 0 Å². The number of rotatable bonds is 1. The zero-order valence-corrected chi connectivity index (χ0v) is 8.08. The van der Waals surface area contributed by atoms with Gasteiger partial charge in [0.2, 0.25) is 0 Å². The normalized spacial score (nSPS) is 22.2. The van der Waals surface area contributed by atoms with Crippen LogP contribution in [0, 0.1) is 0 Å². The van der Waals surface area contributed by atoms with Crippen LogP contribution in [0.4, 0.5) is 0 Å². The van der Waals surface area contributed by atoms with Gasteiger partial charge < -0.3 is 9.84 Å². The summed E-state index contributed by atoms with van der Waals surface area (Å²) in [6.45, 7) is 1.73. The highest BCUT2D eigenvalue weighted by Crippen LogP contribution is 2.31. The van der Waals surface area contributed by atoms with Gasteiger partial charge in [0.15, 0.2) is 0 Å². The van der Waals surface area contributed by atoms with Crippen LogP contribution in [0.2, 0.25) is 5.02 Å². The molecule has 70 valence electrons. The maximum atomic E-state index is 9.34. The van der Waals surface area contributed by atoms with Crippen LogP contribution in [0.3, 0.4) is 0 Å². The molecule has 2 rings (SSSR count). The predicted octanol–water partition coefficient (Wildman–Crippen LogP) is 2.02. The molecule has 1 aromatic rings. The number of aliphatic hydroxyl groups is 1. The zero-order valence-electron chi connectivity index (χ0n) is 7.33. The van der Waals surface area contributed by atoms with Crippen LogP contribution in [0.5, 0.6) is 5.75 Å². The molecule has 0 aromatic heterocycles. The first-order valence-corrected chi connectivity index (χ1v) is 4.68. The summed E-state index contributed by atoms with van der Waals surface area (Å²) in [4.78, 5) is 0. The molecule has 2 nitrogen and oxygen atoms in total. The predicted molar refractivity (Wildman–Crippen MR) is 51.3 cm³/mol. The summed E-state index contributed by atoms with van der Waals surface area (Å²) in [6, 6.07) is 5.53. The number of benzene rings is 1. The molecule has 2 unspecified atom stereocenters. The summed E-state index contributed by atoms with van der Waals surface area (Å²) >= 11 is 5.83. The quantitative estimate of drug-likeness (QED) is 0.748. The van der Waals surface area contributed by atoms with E-state index in [4.69, 9.17) is 16.3 Å². The number of fused-ring (bicyclic) bond motifs is 1. The SMILES string of the molecule is CC(O)C1Cc2cc(Cl)ccc2O1. The molecule has 0 aliphatic carbocycles. The van der Waals surface area contributed by atoms with Crippen molar-refractivity contribution in [2.24, 2.45) is 0 Å². The average molecular weight is 199 g/mol. The van der Waals surface area contributed by atoms with Crippen LogP contribution in [0.15, 0.2) is 18.2 Å². The fourth-order valence-corrected chi connectivity index (χ4v) is 1.71. The summed E-state index contributed by atoms with van der Waals surface area (Å²) in [7, 11) is 0. The zero-order chi connectivity index (χ0) is 9.42. The van der Waals surface area contributed by atoms with E-state index in [2.05, 4.69) is 0 Å². The molecule has 0 spiro atoms. The van der Waals surface area contributed by atoms with Crippen molar-refractivity contribution in [3.8, 4) is 5.75 Å². The summed E-state index contributed by atoms with van der Waals surface area (Å²) in [5.74, 6) is 0.843. The molecule has 1 aromatic carbocycles. The summed E-state index contributed by atoms with van der Waals surface area (Å²) < 4.78 is 5.51. The van der Waals surface area contributed by atoms with E-state index < -0.39 is 6.10 Å². The molecule has 1 heterocycles. The summed E-state index contributed by atoms with van der Waals surface area (Å²) in [5.41, 5.74) is 1.08. The topological polar surface area (TPSA) is 29.5 Å². The van der Waals surface area contributed by atoms with Crippen LogP contribution >= 0.6 is 11.6 Å². The van der Waals surface area contributed by atoms with Crippen LogP contribution in [-0.2, 0) is 6.42 Å². The summed E-state index contributed by atoms with van der Waals surface area (Å²) in [5, 5.41) is 10.1. The third-order valence-electron chi connectivity index (χ3n) is 2.26. The molecule has 1 N–H and O–H groups in total. The molecular formula is C10H11ClO2. The fraction of sp³-hybridized carbons (Fsp3) is 0.400. The Bertz CT molecular complexity index is 323. The second kappa shape index (κ2) is 3.20. The molecule has 2 atom stereocenters. The second-order valence-electron chi connectivity index (χ2n) is 3.35. The minimum Gasteiger partial charge on any atom is -0.487 e. The van der Waals surface area contributed by atoms with E-state index in [0.717, 1.165) is 17.7 Å². The maximum absolute atomic E-state index is 9.34. The van der Waals surface area contributed by atoms with Gasteiger partial charge in [-0.3, -0.25) is 0 Å². The third-order valence-corrected chi connectivity index (χ3v) is 2.50. The highest BCUT2D eigenvalue weighted by molar-refractivity contribution is 6.30. The van der Waals surface area contributed by atoms with Gasteiger partial charge >= 0.3 is 0 Å². The van der Waals surface area contributed by atoms with Gasteiger partial charge in [0.25, 0.3) is 0 Å². The lowest BCUT2D eigenvalue weighted by Gasteiger charge is -2.12. The Kier molecular flexibility index (Phi) is 2.18. The average Bonchev–Trinajstić information content (AvgIpc) is 2.46. The van der Waals surface area contributed by atoms with Gasteiger partial charge in [0, 0.05) is 11.4 Å². The van der Waals surface area contributed by atoms with Crippen molar-refractivity contribution < 1.29 is 9.84 Å². The Morgan fingerprint density at radius 3 is 3.08 bits per heavy atom. The van der Waals surface area contributed by atoms with E-state index in [0.29, 0.717) is 5.02 Å². The highest BCUT2D eigenvalue weighted by atomic mass is 35.5. The van der Waals surface area contributed by atoms with E-state index in [9.17, 15) is 5.11 Å². The van der Waals surface area contributed by atoms with Gasteiger partial charge in [-0.25, -0.2) is 0 Å². The molecule has 0 fully saturated rings.